The van der Waals surface area contributed by atoms with Crippen molar-refractivity contribution in [2.45, 2.75) is 23.0 Å². The lowest BCUT2D eigenvalue weighted by Crippen LogP contribution is -1.97. The molecule has 2 heterocycles. The summed E-state index contributed by atoms with van der Waals surface area (Å²) in [6.07, 6.45) is 0. The molecule has 0 bridgehead atoms. The van der Waals surface area contributed by atoms with Gasteiger partial charge in [0.25, 0.3) is 0 Å². The van der Waals surface area contributed by atoms with Gasteiger partial charge < -0.3 is 0 Å². The second-order valence-electron chi connectivity index (χ2n) is 3.26. The van der Waals surface area contributed by atoms with Crippen molar-refractivity contribution in [2.75, 3.05) is 0 Å². The summed E-state index contributed by atoms with van der Waals surface area (Å²) in [6, 6.07) is 5.22. The maximum absolute atomic E-state index is 12.1. The summed E-state index contributed by atoms with van der Waals surface area (Å²) < 4.78 is 24.6. The molecule has 0 aromatic carbocycles. The van der Waals surface area contributed by atoms with Crippen LogP contribution in [0.4, 0.5) is 0 Å². The zero-order valence-corrected chi connectivity index (χ0v) is 10.8. The van der Waals surface area contributed by atoms with E-state index in [0.717, 1.165) is 9.75 Å². The molecule has 0 aliphatic heterocycles. The Balaban J connectivity index is 2.53. The van der Waals surface area contributed by atoms with Crippen LogP contribution in [0.3, 0.4) is 0 Å². The Morgan fingerprint density at radius 3 is 2.33 bits per heavy atom. The SMILES string of the molecule is Cc1cc(S(=O)(=O)c2ccc(C)s2)cs1. The third-order valence-corrected chi connectivity index (χ3v) is 6.23. The average Bonchev–Trinajstić information content (AvgIpc) is 2.74. The Kier molecular flexibility index (Phi) is 2.70. The van der Waals surface area contributed by atoms with Gasteiger partial charge in [-0.15, -0.1) is 22.7 Å². The lowest BCUT2D eigenvalue weighted by molar-refractivity contribution is 0.598. The van der Waals surface area contributed by atoms with E-state index in [1.165, 1.54) is 22.7 Å². The minimum Gasteiger partial charge on any atom is -0.218 e. The van der Waals surface area contributed by atoms with Crippen LogP contribution in [0, 0.1) is 13.8 Å². The number of hydrogen-bond donors (Lipinski definition) is 0. The molecule has 2 nitrogen and oxygen atoms in total. The second-order valence-corrected chi connectivity index (χ2v) is 7.84. The lowest BCUT2D eigenvalue weighted by atomic mass is 10.5. The highest BCUT2D eigenvalue weighted by Gasteiger charge is 2.20. The van der Waals surface area contributed by atoms with Crippen molar-refractivity contribution >= 4 is 32.5 Å². The highest BCUT2D eigenvalue weighted by Crippen LogP contribution is 2.29. The van der Waals surface area contributed by atoms with Gasteiger partial charge in [-0.2, -0.15) is 0 Å². The Morgan fingerprint density at radius 2 is 1.87 bits per heavy atom. The first-order valence-corrected chi connectivity index (χ1v) is 7.55. The van der Waals surface area contributed by atoms with Crippen LogP contribution in [0.2, 0.25) is 0 Å². The molecule has 15 heavy (non-hydrogen) atoms. The zero-order chi connectivity index (χ0) is 11.1. The van der Waals surface area contributed by atoms with E-state index < -0.39 is 9.84 Å². The monoisotopic (exact) mass is 258 g/mol. The normalized spacial score (nSPS) is 11.9. The smallest absolute Gasteiger partial charge is 0.216 e. The van der Waals surface area contributed by atoms with E-state index in [4.69, 9.17) is 0 Å². The van der Waals surface area contributed by atoms with E-state index in [1.54, 1.807) is 17.5 Å². The molecule has 0 amide bonds. The van der Waals surface area contributed by atoms with E-state index in [1.807, 2.05) is 19.9 Å². The number of rotatable bonds is 2. The van der Waals surface area contributed by atoms with Crippen molar-refractivity contribution in [2.24, 2.45) is 0 Å². The summed E-state index contributed by atoms with van der Waals surface area (Å²) in [6.45, 7) is 3.81. The van der Waals surface area contributed by atoms with Crippen LogP contribution in [-0.4, -0.2) is 8.42 Å². The van der Waals surface area contributed by atoms with Crippen LogP contribution >= 0.6 is 22.7 Å². The maximum Gasteiger partial charge on any atom is 0.216 e. The molecule has 0 N–H and O–H groups in total. The third kappa shape index (κ3) is 2.00. The van der Waals surface area contributed by atoms with Gasteiger partial charge in [0.15, 0.2) is 0 Å². The van der Waals surface area contributed by atoms with Gasteiger partial charge in [0, 0.05) is 15.1 Å². The van der Waals surface area contributed by atoms with Crippen molar-refractivity contribution in [3.8, 4) is 0 Å². The zero-order valence-electron chi connectivity index (χ0n) is 8.35. The Bertz CT molecular complexity index is 529. The summed E-state index contributed by atoms with van der Waals surface area (Å²) in [5.41, 5.74) is 0. The summed E-state index contributed by atoms with van der Waals surface area (Å²) in [5.74, 6) is 0. The molecule has 0 fully saturated rings. The topological polar surface area (TPSA) is 34.1 Å². The van der Waals surface area contributed by atoms with Gasteiger partial charge in [-0.25, -0.2) is 8.42 Å². The van der Waals surface area contributed by atoms with Gasteiger partial charge in [-0.3, -0.25) is 0 Å². The highest BCUT2D eigenvalue weighted by molar-refractivity contribution is 7.93. The molecule has 0 radical (unpaired) electrons. The standard InChI is InChI=1S/C10H10O2S3/c1-7-3-4-10(14-7)15(11,12)9-5-8(2)13-6-9/h3-6H,1-2H3. The molecular formula is C10H10O2S3. The van der Waals surface area contributed by atoms with E-state index in [9.17, 15) is 8.42 Å². The molecule has 0 atom stereocenters. The van der Waals surface area contributed by atoms with Crippen molar-refractivity contribution in [1.82, 2.24) is 0 Å². The predicted molar refractivity (Wildman–Crippen MR) is 63.6 cm³/mol. The van der Waals surface area contributed by atoms with E-state index in [0.29, 0.717) is 9.10 Å². The minimum absolute atomic E-state index is 0.409. The molecule has 2 aromatic heterocycles. The van der Waals surface area contributed by atoms with E-state index in [2.05, 4.69) is 0 Å². The van der Waals surface area contributed by atoms with Gasteiger partial charge in [-0.05, 0) is 32.0 Å². The fourth-order valence-electron chi connectivity index (χ4n) is 1.23. The van der Waals surface area contributed by atoms with Gasteiger partial charge >= 0.3 is 0 Å². The first-order valence-electron chi connectivity index (χ1n) is 4.37. The van der Waals surface area contributed by atoms with Crippen LogP contribution in [0.15, 0.2) is 32.7 Å². The van der Waals surface area contributed by atoms with Crippen LogP contribution < -0.4 is 0 Å². The van der Waals surface area contributed by atoms with Gasteiger partial charge in [-0.1, -0.05) is 0 Å². The first-order chi connectivity index (χ1) is 7.00. The van der Waals surface area contributed by atoms with Crippen molar-refractivity contribution in [3.63, 3.8) is 0 Å². The van der Waals surface area contributed by atoms with Crippen molar-refractivity contribution < 1.29 is 8.42 Å². The fraction of sp³-hybridized carbons (Fsp3) is 0.200. The largest absolute Gasteiger partial charge is 0.218 e. The number of hydrogen-bond acceptors (Lipinski definition) is 4. The molecule has 5 heteroatoms. The Labute approximate surface area is 97.1 Å². The molecule has 2 rings (SSSR count). The molecule has 0 saturated carbocycles. The van der Waals surface area contributed by atoms with Gasteiger partial charge in [0.2, 0.25) is 9.84 Å². The average molecular weight is 258 g/mol. The Morgan fingerprint density at radius 1 is 1.13 bits per heavy atom. The van der Waals surface area contributed by atoms with Crippen molar-refractivity contribution in [3.05, 3.63) is 33.3 Å². The fourth-order valence-corrected chi connectivity index (χ4v) is 5.05. The number of sulfone groups is 1. The molecule has 0 spiro atoms. The molecule has 0 unspecified atom stereocenters. The van der Waals surface area contributed by atoms with E-state index in [-0.39, 0.29) is 0 Å². The summed E-state index contributed by atoms with van der Waals surface area (Å²) in [4.78, 5) is 2.44. The van der Waals surface area contributed by atoms with Crippen LogP contribution in [-0.2, 0) is 9.84 Å². The molecular weight excluding hydrogens is 248 g/mol. The number of aryl methyl sites for hydroxylation is 2. The highest BCUT2D eigenvalue weighted by atomic mass is 32.2. The van der Waals surface area contributed by atoms with E-state index >= 15 is 0 Å². The molecule has 0 saturated heterocycles. The van der Waals surface area contributed by atoms with Crippen LogP contribution in [0.5, 0.6) is 0 Å². The molecule has 0 aliphatic rings. The quantitative estimate of drug-likeness (QED) is 0.828. The van der Waals surface area contributed by atoms with Gasteiger partial charge in [0.1, 0.15) is 4.21 Å². The third-order valence-electron chi connectivity index (χ3n) is 2.00. The number of thiophene rings is 2. The summed E-state index contributed by atoms with van der Waals surface area (Å²) in [5, 5.41) is 1.69. The minimum atomic E-state index is -3.27. The van der Waals surface area contributed by atoms with Crippen molar-refractivity contribution in [1.29, 1.82) is 0 Å². The lowest BCUT2D eigenvalue weighted by Gasteiger charge is -1.96. The summed E-state index contributed by atoms with van der Waals surface area (Å²) in [7, 11) is -3.27. The Hall–Kier alpha value is -0.650. The molecule has 0 aliphatic carbocycles. The van der Waals surface area contributed by atoms with Crippen LogP contribution in [0.1, 0.15) is 9.75 Å². The molecule has 80 valence electrons. The first kappa shape index (κ1) is 10.9. The molecule has 2 aromatic rings. The van der Waals surface area contributed by atoms with Gasteiger partial charge in [0.05, 0.1) is 4.90 Å². The predicted octanol–water partition coefficient (Wildman–Crippen LogP) is 3.26. The summed E-state index contributed by atoms with van der Waals surface area (Å²) >= 11 is 2.77. The second kappa shape index (κ2) is 3.73. The maximum atomic E-state index is 12.1. The van der Waals surface area contributed by atoms with Crippen LogP contribution in [0.25, 0.3) is 0 Å².